The number of carbonyl (C=O) groups is 1. The molecule has 0 saturated carbocycles. The highest BCUT2D eigenvalue weighted by Crippen LogP contribution is 2.19. The van der Waals surface area contributed by atoms with Crippen LogP contribution in [0.25, 0.3) is 0 Å². The van der Waals surface area contributed by atoms with Crippen molar-refractivity contribution >= 4 is 21.7 Å². The van der Waals surface area contributed by atoms with Crippen LogP contribution in [-0.4, -0.2) is 33.6 Å². The van der Waals surface area contributed by atoms with Crippen LogP contribution in [0.2, 0.25) is 0 Å². The molecule has 0 saturated heterocycles. The lowest BCUT2D eigenvalue weighted by Crippen LogP contribution is -2.36. The number of ether oxygens (including phenoxy) is 1. The van der Waals surface area contributed by atoms with Crippen molar-refractivity contribution in [2.24, 2.45) is 5.14 Å². The first-order chi connectivity index (χ1) is 9.25. The van der Waals surface area contributed by atoms with Crippen molar-refractivity contribution < 1.29 is 17.9 Å². The summed E-state index contributed by atoms with van der Waals surface area (Å²) >= 11 is 0. The second-order valence-corrected chi connectivity index (χ2v) is 6.13. The van der Waals surface area contributed by atoms with Gasteiger partial charge in [0.25, 0.3) is 0 Å². The van der Waals surface area contributed by atoms with Gasteiger partial charge in [-0.05, 0) is 45.0 Å². The van der Waals surface area contributed by atoms with Crippen molar-refractivity contribution in [3.05, 3.63) is 24.3 Å². The van der Waals surface area contributed by atoms with Gasteiger partial charge < -0.3 is 9.64 Å². The smallest absolute Gasteiger partial charge is 0.325 e. The van der Waals surface area contributed by atoms with E-state index in [0.717, 1.165) is 5.69 Å². The van der Waals surface area contributed by atoms with Crippen molar-refractivity contribution in [2.75, 3.05) is 18.1 Å². The standard InChI is InChI=1S/C13H20N2O4S/c1-4-19-13(16)9-15(10(2)3)11-5-7-12(8-6-11)20(14,17)18/h5-8,10H,4,9H2,1-3H3,(H2,14,17,18). The summed E-state index contributed by atoms with van der Waals surface area (Å²) in [6.45, 7) is 6.06. The maximum absolute atomic E-state index is 11.6. The Hall–Kier alpha value is -1.60. The lowest BCUT2D eigenvalue weighted by atomic mass is 10.2. The summed E-state index contributed by atoms with van der Waals surface area (Å²) in [5.41, 5.74) is 0.737. The van der Waals surface area contributed by atoms with E-state index in [-0.39, 0.29) is 23.5 Å². The molecule has 6 nitrogen and oxygen atoms in total. The van der Waals surface area contributed by atoms with Gasteiger partial charge in [-0.15, -0.1) is 0 Å². The fourth-order valence-electron chi connectivity index (χ4n) is 1.75. The third-order valence-corrected chi connectivity index (χ3v) is 3.65. The molecule has 0 unspecified atom stereocenters. The highest BCUT2D eigenvalue weighted by molar-refractivity contribution is 7.89. The van der Waals surface area contributed by atoms with Gasteiger partial charge in [0.2, 0.25) is 10.0 Å². The summed E-state index contributed by atoms with van der Waals surface area (Å²) in [7, 11) is -3.71. The lowest BCUT2D eigenvalue weighted by molar-refractivity contribution is -0.141. The first-order valence-electron chi connectivity index (χ1n) is 6.30. The molecule has 0 aliphatic heterocycles. The second-order valence-electron chi connectivity index (χ2n) is 4.57. The summed E-state index contributed by atoms with van der Waals surface area (Å²) in [4.78, 5) is 13.4. The summed E-state index contributed by atoms with van der Waals surface area (Å²) in [5.74, 6) is -0.322. The lowest BCUT2D eigenvalue weighted by Gasteiger charge is -2.28. The molecule has 20 heavy (non-hydrogen) atoms. The third kappa shape index (κ3) is 4.50. The average Bonchev–Trinajstić information content (AvgIpc) is 2.35. The molecule has 0 atom stereocenters. The quantitative estimate of drug-likeness (QED) is 0.795. The Kier molecular flexibility index (Phi) is 5.52. The Morgan fingerprint density at radius 2 is 1.85 bits per heavy atom. The number of sulfonamides is 1. The van der Waals surface area contributed by atoms with E-state index in [1.54, 1.807) is 19.1 Å². The third-order valence-electron chi connectivity index (χ3n) is 2.73. The average molecular weight is 300 g/mol. The van der Waals surface area contributed by atoms with Crippen LogP contribution in [0.3, 0.4) is 0 Å². The molecule has 0 spiro atoms. The van der Waals surface area contributed by atoms with E-state index in [4.69, 9.17) is 9.88 Å². The Morgan fingerprint density at radius 3 is 2.25 bits per heavy atom. The van der Waals surface area contributed by atoms with Gasteiger partial charge in [-0.2, -0.15) is 0 Å². The van der Waals surface area contributed by atoms with Crippen LogP contribution >= 0.6 is 0 Å². The highest BCUT2D eigenvalue weighted by atomic mass is 32.2. The van der Waals surface area contributed by atoms with Crippen LogP contribution in [0.4, 0.5) is 5.69 Å². The number of nitrogens with zero attached hydrogens (tertiary/aromatic N) is 1. The molecule has 0 bridgehead atoms. The Bertz CT molecular complexity index is 552. The molecule has 0 radical (unpaired) electrons. The predicted molar refractivity (Wildman–Crippen MR) is 76.9 cm³/mol. The first kappa shape index (κ1) is 16.5. The SMILES string of the molecule is CCOC(=O)CN(c1ccc(S(N)(=O)=O)cc1)C(C)C. The Balaban J connectivity index is 2.96. The minimum Gasteiger partial charge on any atom is -0.465 e. The number of nitrogens with two attached hydrogens (primary N) is 1. The van der Waals surface area contributed by atoms with Gasteiger partial charge >= 0.3 is 5.97 Å². The molecule has 0 aliphatic carbocycles. The van der Waals surface area contributed by atoms with Crippen LogP contribution in [0, 0.1) is 0 Å². The van der Waals surface area contributed by atoms with Gasteiger partial charge in [-0.25, -0.2) is 13.6 Å². The van der Waals surface area contributed by atoms with Gasteiger partial charge in [0, 0.05) is 11.7 Å². The molecule has 2 N–H and O–H groups in total. The number of rotatable bonds is 6. The molecule has 1 rings (SSSR count). The number of benzene rings is 1. The zero-order valence-electron chi connectivity index (χ0n) is 11.9. The minimum absolute atomic E-state index is 0.0427. The summed E-state index contributed by atoms with van der Waals surface area (Å²) in [6, 6.07) is 6.16. The van der Waals surface area contributed by atoms with Gasteiger partial charge in [-0.3, -0.25) is 4.79 Å². The van der Waals surface area contributed by atoms with E-state index in [1.165, 1.54) is 12.1 Å². The van der Waals surface area contributed by atoms with Crippen molar-refractivity contribution in [3.8, 4) is 0 Å². The molecule has 1 aromatic rings. The normalized spacial score (nSPS) is 11.4. The first-order valence-corrected chi connectivity index (χ1v) is 7.85. The Labute approximate surface area is 119 Å². The molecule has 0 fully saturated rings. The van der Waals surface area contributed by atoms with Crippen molar-refractivity contribution in [2.45, 2.75) is 31.7 Å². The Morgan fingerprint density at radius 1 is 1.30 bits per heavy atom. The molecule has 1 aromatic carbocycles. The van der Waals surface area contributed by atoms with Crippen molar-refractivity contribution in [1.82, 2.24) is 0 Å². The van der Waals surface area contributed by atoms with Crippen LogP contribution in [0.15, 0.2) is 29.2 Å². The van der Waals surface area contributed by atoms with Crippen LogP contribution in [-0.2, 0) is 19.6 Å². The highest BCUT2D eigenvalue weighted by Gasteiger charge is 2.16. The molecular formula is C13H20N2O4S. The number of hydrogen-bond acceptors (Lipinski definition) is 5. The van der Waals surface area contributed by atoms with Crippen molar-refractivity contribution in [3.63, 3.8) is 0 Å². The molecule has 7 heteroatoms. The molecule has 0 amide bonds. The zero-order chi connectivity index (χ0) is 15.3. The molecule has 0 aliphatic rings. The fraction of sp³-hybridized carbons (Fsp3) is 0.462. The van der Waals surface area contributed by atoms with E-state index in [0.29, 0.717) is 6.61 Å². The summed E-state index contributed by atoms with van der Waals surface area (Å²) in [6.07, 6.45) is 0. The van der Waals surface area contributed by atoms with Crippen LogP contribution in [0.1, 0.15) is 20.8 Å². The van der Waals surface area contributed by atoms with Crippen LogP contribution < -0.4 is 10.0 Å². The number of esters is 1. The predicted octanol–water partition coefficient (Wildman–Crippen LogP) is 1.11. The number of anilines is 1. The van der Waals surface area contributed by atoms with E-state index in [1.807, 2.05) is 18.7 Å². The fourth-order valence-corrected chi connectivity index (χ4v) is 2.26. The van der Waals surface area contributed by atoms with E-state index < -0.39 is 10.0 Å². The van der Waals surface area contributed by atoms with Gasteiger partial charge in [0.05, 0.1) is 11.5 Å². The van der Waals surface area contributed by atoms with E-state index in [9.17, 15) is 13.2 Å². The number of hydrogen-bond donors (Lipinski definition) is 1. The van der Waals surface area contributed by atoms with Crippen molar-refractivity contribution in [1.29, 1.82) is 0 Å². The summed E-state index contributed by atoms with van der Waals surface area (Å²) < 4.78 is 27.3. The molecule has 0 heterocycles. The number of primary sulfonamides is 1. The molecule has 0 aromatic heterocycles. The van der Waals surface area contributed by atoms with Gasteiger partial charge in [0.1, 0.15) is 6.54 Å². The minimum atomic E-state index is -3.71. The largest absolute Gasteiger partial charge is 0.465 e. The van der Waals surface area contributed by atoms with Crippen LogP contribution in [0.5, 0.6) is 0 Å². The molecular weight excluding hydrogens is 280 g/mol. The molecule has 112 valence electrons. The monoisotopic (exact) mass is 300 g/mol. The zero-order valence-corrected chi connectivity index (χ0v) is 12.7. The number of carbonyl (C=O) groups excluding carboxylic acids is 1. The van der Waals surface area contributed by atoms with E-state index in [2.05, 4.69) is 0 Å². The van der Waals surface area contributed by atoms with E-state index >= 15 is 0 Å². The van der Waals surface area contributed by atoms with Gasteiger partial charge in [0.15, 0.2) is 0 Å². The topological polar surface area (TPSA) is 89.7 Å². The van der Waals surface area contributed by atoms with Gasteiger partial charge in [-0.1, -0.05) is 0 Å². The maximum Gasteiger partial charge on any atom is 0.325 e. The maximum atomic E-state index is 11.6. The summed E-state index contributed by atoms with van der Waals surface area (Å²) in [5, 5.41) is 5.05. The second kappa shape index (κ2) is 6.71.